The van der Waals surface area contributed by atoms with E-state index in [-0.39, 0.29) is 6.61 Å². The Morgan fingerprint density at radius 1 is 1.10 bits per heavy atom. The lowest BCUT2D eigenvalue weighted by atomic mass is 10.1. The van der Waals surface area contributed by atoms with Crippen molar-refractivity contribution < 1.29 is 9.84 Å². The number of benzene rings is 2. The molecule has 2 aromatic rings. The topological polar surface area (TPSA) is 55.5 Å². The largest absolute Gasteiger partial charge is 0.490 e. The van der Waals surface area contributed by atoms with Crippen molar-refractivity contribution in [3.63, 3.8) is 0 Å². The summed E-state index contributed by atoms with van der Waals surface area (Å²) in [5, 5.41) is 10.1. The van der Waals surface area contributed by atoms with Crippen LogP contribution in [0.15, 0.2) is 36.4 Å². The first-order valence-electron chi connectivity index (χ1n) is 6.71. The number of nitrogens with two attached hydrogens (primary N) is 1. The first kappa shape index (κ1) is 14.4. The van der Waals surface area contributed by atoms with E-state index < -0.39 is 6.10 Å². The fourth-order valence-electron chi connectivity index (χ4n) is 2.13. The number of ether oxygens (including phenoxy) is 1. The summed E-state index contributed by atoms with van der Waals surface area (Å²) in [6.45, 7) is 6.36. The number of hydrogen-bond acceptors (Lipinski definition) is 3. The molecule has 106 valence electrons. The van der Waals surface area contributed by atoms with E-state index in [0.717, 1.165) is 22.4 Å². The zero-order valence-corrected chi connectivity index (χ0v) is 12.2. The lowest BCUT2D eigenvalue weighted by molar-refractivity contribution is 0.108. The minimum atomic E-state index is -0.657. The number of aryl methyl sites for hydroxylation is 2. The van der Waals surface area contributed by atoms with Crippen LogP contribution in [0.25, 0.3) is 0 Å². The molecule has 1 atom stereocenters. The van der Waals surface area contributed by atoms with Crippen LogP contribution in [0.2, 0.25) is 0 Å². The number of aliphatic hydroxyl groups is 1. The summed E-state index contributed by atoms with van der Waals surface area (Å²) < 4.78 is 5.76. The second-order valence-corrected chi connectivity index (χ2v) is 5.20. The molecule has 0 aromatic heterocycles. The van der Waals surface area contributed by atoms with Crippen LogP contribution in [0.1, 0.15) is 28.4 Å². The highest BCUT2D eigenvalue weighted by Crippen LogP contribution is 2.25. The molecule has 0 aliphatic carbocycles. The Morgan fingerprint density at radius 2 is 1.75 bits per heavy atom. The molecule has 0 aliphatic heterocycles. The second-order valence-electron chi connectivity index (χ2n) is 5.20. The zero-order chi connectivity index (χ0) is 14.7. The van der Waals surface area contributed by atoms with Gasteiger partial charge in [-0.15, -0.1) is 0 Å². The van der Waals surface area contributed by atoms with E-state index in [1.807, 2.05) is 32.0 Å². The fraction of sp³-hybridized carbons (Fsp3) is 0.294. The molecule has 1 unspecified atom stereocenters. The Labute approximate surface area is 120 Å². The van der Waals surface area contributed by atoms with Crippen LogP contribution < -0.4 is 10.5 Å². The van der Waals surface area contributed by atoms with Gasteiger partial charge in [0.15, 0.2) is 0 Å². The highest BCUT2D eigenvalue weighted by molar-refractivity contribution is 5.42. The van der Waals surface area contributed by atoms with E-state index in [1.165, 1.54) is 5.56 Å². The van der Waals surface area contributed by atoms with Gasteiger partial charge in [-0.1, -0.05) is 18.2 Å². The maximum absolute atomic E-state index is 10.1. The van der Waals surface area contributed by atoms with Crippen molar-refractivity contribution >= 4 is 5.69 Å². The molecule has 0 saturated heterocycles. The molecule has 2 aromatic carbocycles. The van der Waals surface area contributed by atoms with Gasteiger partial charge < -0.3 is 15.6 Å². The van der Waals surface area contributed by atoms with Gasteiger partial charge >= 0.3 is 0 Å². The van der Waals surface area contributed by atoms with Gasteiger partial charge in [0.25, 0.3) is 0 Å². The van der Waals surface area contributed by atoms with Crippen molar-refractivity contribution in [1.29, 1.82) is 0 Å². The summed E-state index contributed by atoms with van der Waals surface area (Å²) in [4.78, 5) is 0. The van der Waals surface area contributed by atoms with Gasteiger partial charge in [-0.2, -0.15) is 0 Å². The Balaban J connectivity index is 2.07. The minimum Gasteiger partial charge on any atom is -0.490 e. The lowest BCUT2D eigenvalue weighted by Crippen LogP contribution is -2.10. The van der Waals surface area contributed by atoms with Gasteiger partial charge in [0.2, 0.25) is 0 Å². The SMILES string of the molecule is Cc1cc(C)c(C)c(OCC(O)c2ccc(N)cc2)c1. The molecule has 0 bridgehead atoms. The van der Waals surface area contributed by atoms with Gasteiger partial charge in [0.1, 0.15) is 18.5 Å². The van der Waals surface area contributed by atoms with E-state index in [9.17, 15) is 5.11 Å². The minimum absolute atomic E-state index is 0.230. The molecule has 20 heavy (non-hydrogen) atoms. The number of hydrogen-bond donors (Lipinski definition) is 2. The quantitative estimate of drug-likeness (QED) is 0.839. The van der Waals surface area contributed by atoms with E-state index in [1.54, 1.807) is 12.1 Å². The van der Waals surface area contributed by atoms with Crippen LogP contribution in [-0.4, -0.2) is 11.7 Å². The van der Waals surface area contributed by atoms with E-state index >= 15 is 0 Å². The number of aliphatic hydroxyl groups excluding tert-OH is 1. The zero-order valence-electron chi connectivity index (χ0n) is 12.2. The molecule has 0 amide bonds. The van der Waals surface area contributed by atoms with Crippen molar-refractivity contribution in [2.75, 3.05) is 12.3 Å². The smallest absolute Gasteiger partial charge is 0.122 e. The molecule has 0 spiro atoms. The number of nitrogen functional groups attached to an aromatic ring is 1. The summed E-state index contributed by atoms with van der Waals surface area (Å²) >= 11 is 0. The molecule has 0 radical (unpaired) electrons. The molecule has 0 saturated carbocycles. The van der Waals surface area contributed by atoms with E-state index in [0.29, 0.717) is 5.69 Å². The second kappa shape index (κ2) is 5.97. The van der Waals surface area contributed by atoms with Crippen LogP contribution in [0.5, 0.6) is 5.75 Å². The highest BCUT2D eigenvalue weighted by Gasteiger charge is 2.10. The van der Waals surface area contributed by atoms with Gasteiger partial charge in [-0.25, -0.2) is 0 Å². The fourth-order valence-corrected chi connectivity index (χ4v) is 2.13. The van der Waals surface area contributed by atoms with Gasteiger partial charge in [0, 0.05) is 5.69 Å². The van der Waals surface area contributed by atoms with Crippen molar-refractivity contribution in [1.82, 2.24) is 0 Å². The average Bonchev–Trinajstić information content (AvgIpc) is 2.41. The van der Waals surface area contributed by atoms with Crippen molar-refractivity contribution in [3.05, 3.63) is 58.7 Å². The molecular weight excluding hydrogens is 250 g/mol. The van der Waals surface area contributed by atoms with Crippen molar-refractivity contribution in [2.45, 2.75) is 26.9 Å². The Kier molecular flexibility index (Phi) is 4.30. The maximum atomic E-state index is 10.1. The summed E-state index contributed by atoms with van der Waals surface area (Å²) in [5.41, 5.74) is 10.6. The standard InChI is InChI=1S/C17H21NO2/c1-11-8-12(2)13(3)17(9-11)20-10-16(19)14-4-6-15(18)7-5-14/h4-9,16,19H,10,18H2,1-3H3. The third-order valence-electron chi connectivity index (χ3n) is 3.48. The molecule has 3 heteroatoms. The molecular formula is C17H21NO2. The van der Waals surface area contributed by atoms with Gasteiger partial charge in [0.05, 0.1) is 0 Å². The first-order chi connectivity index (χ1) is 9.47. The van der Waals surface area contributed by atoms with Crippen LogP contribution in [0.3, 0.4) is 0 Å². The third kappa shape index (κ3) is 3.31. The average molecular weight is 271 g/mol. The molecule has 3 nitrogen and oxygen atoms in total. The van der Waals surface area contributed by atoms with E-state index in [2.05, 4.69) is 13.0 Å². The van der Waals surface area contributed by atoms with Crippen LogP contribution in [0.4, 0.5) is 5.69 Å². The summed E-state index contributed by atoms with van der Waals surface area (Å²) in [7, 11) is 0. The molecule has 3 N–H and O–H groups in total. The monoisotopic (exact) mass is 271 g/mol. The highest BCUT2D eigenvalue weighted by atomic mass is 16.5. The molecule has 2 rings (SSSR count). The summed E-state index contributed by atoms with van der Waals surface area (Å²) in [5.74, 6) is 0.831. The van der Waals surface area contributed by atoms with Crippen molar-refractivity contribution in [2.24, 2.45) is 0 Å². The van der Waals surface area contributed by atoms with E-state index in [4.69, 9.17) is 10.5 Å². The normalized spacial score (nSPS) is 12.2. The predicted molar refractivity (Wildman–Crippen MR) is 82.0 cm³/mol. The number of anilines is 1. The van der Waals surface area contributed by atoms with Gasteiger partial charge in [-0.05, 0) is 61.2 Å². The summed E-state index contributed by atoms with van der Waals surface area (Å²) in [6.07, 6.45) is -0.657. The van der Waals surface area contributed by atoms with Crippen LogP contribution in [0, 0.1) is 20.8 Å². The Hall–Kier alpha value is -2.00. The molecule has 0 fully saturated rings. The Morgan fingerprint density at radius 3 is 2.40 bits per heavy atom. The molecule has 0 heterocycles. The maximum Gasteiger partial charge on any atom is 0.122 e. The number of rotatable bonds is 4. The predicted octanol–water partition coefficient (Wildman–Crippen LogP) is 3.31. The first-order valence-corrected chi connectivity index (χ1v) is 6.71. The lowest BCUT2D eigenvalue weighted by Gasteiger charge is -2.16. The molecule has 0 aliphatic rings. The van der Waals surface area contributed by atoms with Gasteiger partial charge in [-0.3, -0.25) is 0 Å². The third-order valence-corrected chi connectivity index (χ3v) is 3.48. The van der Waals surface area contributed by atoms with Crippen LogP contribution >= 0.6 is 0 Å². The van der Waals surface area contributed by atoms with Crippen LogP contribution in [-0.2, 0) is 0 Å². The van der Waals surface area contributed by atoms with Crippen molar-refractivity contribution in [3.8, 4) is 5.75 Å². The summed E-state index contributed by atoms with van der Waals surface area (Å²) in [6, 6.07) is 11.3. The Bertz CT molecular complexity index is 591.